The molecule has 1 aromatic heterocycles. The van der Waals surface area contributed by atoms with E-state index in [1.165, 1.54) is 28.6 Å². The monoisotopic (exact) mass is 363 g/mol. The molecule has 1 aromatic carbocycles. The average Bonchev–Trinajstić information content (AvgIpc) is 2.63. The summed E-state index contributed by atoms with van der Waals surface area (Å²) in [4.78, 5) is 14.1. The van der Waals surface area contributed by atoms with Crippen molar-refractivity contribution in [1.82, 2.24) is 9.29 Å². The molecule has 0 radical (unpaired) electrons. The van der Waals surface area contributed by atoms with Gasteiger partial charge in [0.2, 0.25) is 10.0 Å². The first-order valence-corrected chi connectivity index (χ1v) is 9.22. The zero-order valence-corrected chi connectivity index (χ0v) is 14.1. The minimum atomic E-state index is -3.71. The van der Waals surface area contributed by atoms with E-state index in [1.54, 1.807) is 24.5 Å². The van der Waals surface area contributed by atoms with Crippen molar-refractivity contribution in [3.63, 3.8) is 0 Å². The summed E-state index contributed by atoms with van der Waals surface area (Å²) in [6, 6.07) is 8.37. The quantitative estimate of drug-likeness (QED) is 0.596. The lowest BCUT2D eigenvalue weighted by Crippen LogP contribution is -2.44. The number of hydrogen-bond acceptors (Lipinski definition) is 6. The Morgan fingerprint density at radius 2 is 1.84 bits per heavy atom. The van der Waals surface area contributed by atoms with Crippen LogP contribution in [0, 0.1) is 10.1 Å². The molecule has 0 amide bonds. The lowest BCUT2D eigenvalue weighted by molar-refractivity contribution is -0.384. The van der Waals surface area contributed by atoms with E-state index in [2.05, 4.69) is 4.98 Å². The molecule has 25 heavy (non-hydrogen) atoms. The van der Waals surface area contributed by atoms with Gasteiger partial charge in [0.25, 0.3) is 5.69 Å². The Morgan fingerprint density at radius 3 is 2.48 bits per heavy atom. The molecule has 0 spiro atoms. The predicted molar refractivity (Wildman–Crippen MR) is 89.7 cm³/mol. The number of piperidine rings is 1. The van der Waals surface area contributed by atoms with E-state index in [0.29, 0.717) is 18.7 Å². The van der Waals surface area contributed by atoms with Crippen LogP contribution in [-0.2, 0) is 10.0 Å². The Bertz CT molecular complexity index is 840. The number of rotatable bonds is 5. The lowest BCUT2D eigenvalue weighted by atomic mass is 10.1. The smallest absolute Gasteiger partial charge is 0.269 e. The van der Waals surface area contributed by atoms with Crippen LogP contribution < -0.4 is 4.74 Å². The standard InChI is InChI=1S/C16H17N3O5S/c20-19(21)13-3-5-16(6-4-13)25(22,23)18-11-1-2-15(12-18)24-14-7-9-17-10-8-14/h3-10,15H,1-2,11-12H2. The highest BCUT2D eigenvalue weighted by atomic mass is 32.2. The molecule has 3 rings (SSSR count). The van der Waals surface area contributed by atoms with Crippen molar-refractivity contribution in [2.45, 2.75) is 23.8 Å². The van der Waals surface area contributed by atoms with Crippen LogP contribution in [0.3, 0.4) is 0 Å². The summed E-state index contributed by atoms with van der Waals surface area (Å²) < 4.78 is 32.7. The first-order chi connectivity index (χ1) is 12.0. The zero-order valence-electron chi connectivity index (χ0n) is 13.3. The van der Waals surface area contributed by atoms with Crippen LogP contribution >= 0.6 is 0 Å². The summed E-state index contributed by atoms with van der Waals surface area (Å²) >= 11 is 0. The number of nitro benzene ring substituents is 1. The third-order valence-electron chi connectivity index (χ3n) is 3.98. The van der Waals surface area contributed by atoms with Gasteiger partial charge in [0.15, 0.2) is 0 Å². The molecule has 1 saturated heterocycles. The molecule has 132 valence electrons. The van der Waals surface area contributed by atoms with Gasteiger partial charge in [-0.2, -0.15) is 4.31 Å². The van der Waals surface area contributed by atoms with Gasteiger partial charge in [0.05, 0.1) is 16.4 Å². The molecular weight excluding hydrogens is 346 g/mol. The van der Waals surface area contributed by atoms with E-state index in [4.69, 9.17) is 4.74 Å². The number of hydrogen-bond donors (Lipinski definition) is 0. The maximum Gasteiger partial charge on any atom is 0.269 e. The van der Waals surface area contributed by atoms with Crippen molar-refractivity contribution in [2.75, 3.05) is 13.1 Å². The van der Waals surface area contributed by atoms with Gasteiger partial charge in [-0.05, 0) is 37.1 Å². The summed E-state index contributed by atoms with van der Waals surface area (Å²) in [5.74, 6) is 0.648. The normalized spacial score (nSPS) is 18.6. The van der Waals surface area contributed by atoms with Gasteiger partial charge < -0.3 is 4.74 Å². The third-order valence-corrected chi connectivity index (χ3v) is 5.86. The molecule has 0 N–H and O–H groups in total. The van der Waals surface area contributed by atoms with E-state index in [0.717, 1.165) is 6.42 Å². The highest BCUT2D eigenvalue weighted by Crippen LogP contribution is 2.24. The minimum Gasteiger partial charge on any atom is -0.489 e. The van der Waals surface area contributed by atoms with E-state index in [-0.39, 0.29) is 23.2 Å². The fourth-order valence-electron chi connectivity index (χ4n) is 2.72. The van der Waals surface area contributed by atoms with Gasteiger partial charge in [-0.3, -0.25) is 15.1 Å². The summed E-state index contributed by atoms with van der Waals surface area (Å²) in [6.07, 6.45) is 4.42. The van der Waals surface area contributed by atoms with Crippen molar-refractivity contribution in [3.8, 4) is 5.75 Å². The van der Waals surface area contributed by atoms with Crippen molar-refractivity contribution in [3.05, 3.63) is 58.9 Å². The summed E-state index contributed by atoms with van der Waals surface area (Å²) in [5.41, 5.74) is -0.142. The van der Waals surface area contributed by atoms with Crippen LogP contribution in [0.5, 0.6) is 5.75 Å². The van der Waals surface area contributed by atoms with Gasteiger partial charge in [0.1, 0.15) is 11.9 Å². The summed E-state index contributed by atoms with van der Waals surface area (Å²) in [5, 5.41) is 10.7. The Hall–Kier alpha value is -2.52. The molecule has 1 aliphatic heterocycles. The van der Waals surface area contributed by atoms with E-state index in [1.807, 2.05) is 0 Å². The molecule has 0 bridgehead atoms. The lowest BCUT2D eigenvalue weighted by Gasteiger charge is -2.32. The number of nitrogens with zero attached hydrogens (tertiary/aromatic N) is 3. The molecule has 9 heteroatoms. The molecule has 0 saturated carbocycles. The van der Waals surface area contributed by atoms with Crippen molar-refractivity contribution >= 4 is 15.7 Å². The number of nitro groups is 1. The molecule has 2 aromatic rings. The molecule has 8 nitrogen and oxygen atoms in total. The van der Waals surface area contributed by atoms with Crippen LogP contribution in [0.25, 0.3) is 0 Å². The fraction of sp³-hybridized carbons (Fsp3) is 0.312. The Kier molecular flexibility index (Phi) is 4.95. The number of aromatic nitrogens is 1. The zero-order chi connectivity index (χ0) is 17.9. The molecule has 0 aliphatic carbocycles. The molecular formula is C16H17N3O5S. The second-order valence-corrected chi connectivity index (χ2v) is 7.62. The third kappa shape index (κ3) is 3.94. The number of pyridine rings is 1. The second kappa shape index (κ2) is 7.16. The summed E-state index contributed by atoms with van der Waals surface area (Å²) in [6.45, 7) is 0.636. The van der Waals surface area contributed by atoms with Crippen LogP contribution in [-0.4, -0.2) is 41.8 Å². The topological polar surface area (TPSA) is 103 Å². The highest BCUT2D eigenvalue weighted by Gasteiger charge is 2.31. The first kappa shape index (κ1) is 17.3. The largest absolute Gasteiger partial charge is 0.489 e. The van der Waals surface area contributed by atoms with Crippen molar-refractivity contribution in [1.29, 1.82) is 0 Å². The maximum atomic E-state index is 12.8. The Labute approximate surface area is 145 Å². The molecule has 1 fully saturated rings. The predicted octanol–water partition coefficient (Wildman–Crippen LogP) is 2.22. The van der Waals surface area contributed by atoms with Gasteiger partial charge >= 0.3 is 0 Å². The van der Waals surface area contributed by atoms with E-state index in [9.17, 15) is 18.5 Å². The van der Waals surface area contributed by atoms with Gasteiger partial charge in [-0.1, -0.05) is 0 Å². The average molecular weight is 363 g/mol. The number of ether oxygens (including phenoxy) is 1. The van der Waals surface area contributed by atoms with Gasteiger partial charge in [-0.15, -0.1) is 0 Å². The molecule has 1 aliphatic rings. The van der Waals surface area contributed by atoms with Crippen LogP contribution in [0.1, 0.15) is 12.8 Å². The molecule has 1 atom stereocenters. The Morgan fingerprint density at radius 1 is 1.16 bits per heavy atom. The highest BCUT2D eigenvalue weighted by molar-refractivity contribution is 7.89. The van der Waals surface area contributed by atoms with Gasteiger partial charge in [-0.25, -0.2) is 8.42 Å². The maximum absolute atomic E-state index is 12.8. The first-order valence-electron chi connectivity index (χ1n) is 7.78. The van der Waals surface area contributed by atoms with Crippen molar-refractivity contribution < 1.29 is 18.1 Å². The summed E-state index contributed by atoms with van der Waals surface area (Å²) in [7, 11) is -3.71. The van der Waals surface area contributed by atoms with E-state index < -0.39 is 14.9 Å². The minimum absolute atomic E-state index is 0.0441. The van der Waals surface area contributed by atoms with Gasteiger partial charge in [0, 0.05) is 31.1 Å². The molecule has 1 unspecified atom stereocenters. The van der Waals surface area contributed by atoms with Crippen LogP contribution in [0.15, 0.2) is 53.7 Å². The SMILES string of the molecule is O=[N+]([O-])c1ccc(S(=O)(=O)N2CCCC(Oc3ccncc3)C2)cc1. The number of benzene rings is 1. The fourth-order valence-corrected chi connectivity index (χ4v) is 4.23. The molecule has 2 heterocycles. The van der Waals surface area contributed by atoms with E-state index >= 15 is 0 Å². The number of non-ortho nitro benzene ring substituents is 1. The number of sulfonamides is 1. The second-order valence-electron chi connectivity index (χ2n) is 5.68. The van der Waals surface area contributed by atoms with Crippen molar-refractivity contribution in [2.24, 2.45) is 0 Å². The van der Waals surface area contributed by atoms with Crippen LogP contribution in [0.4, 0.5) is 5.69 Å². The van der Waals surface area contributed by atoms with Crippen LogP contribution in [0.2, 0.25) is 0 Å². The Balaban J connectivity index is 1.74.